The van der Waals surface area contributed by atoms with Crippen LogP contribution in [-0.2, 0) is 0 Å². The Hall–Kier alpha value is -4.42. The molecular weight excluding hydrogens is 420 g/mol. The van der Waals surface area contributed by atoms with E-state index in [1.54, 1.807) is 0 Å². The number of rotatable bonds is 4. The number of fused-ring (bicyclic) bond motifs is 2. The van der Waals surface area contributed by atoms with Crippen LogP contribution in [0.4, 0.5) is 0 Å². The van der Waals surface area contributed by atoms with Gasteiger partial charge < -0.3 is 0 Å². The van der Waals surface area contributed by atoms with Crippen LogP contribution in [0, 0.1) is 6.92 Å². The maximum absolute atomic E-state index is 2.38. The van der Waals surface area contributed by atoms with Crippen LogP contribution in [0.5, 0.6) is 0 Å². The van der Waals surface area contributed by atoms with Crippen molar-refractivity contribution in [1.82, 2.24) is 0 Å². The number of aryl methyl sites for hydroxylation is 1. The van der Waals surface area contributed by atoms with Crippen molar-refractivity contribution in [2.24, 2.45) is 0 Å². The monoisotopic (exact) mass is 446 g/mol. The molecule has 0 aliphatic carbocycles. The molecule has 0 saturated heterocycles. The molecule has 0 atom stereocenters. The van der Waals surface area contributed by atoms with Gasteiger partial charge in [-0.25, -0.2) is 0 Å². The van der Waals surface area contributed by atoms with Crippen LogP contribution < -0.4 is 0 Å². The fourth-order valence-electron chi connectivity index (χ4n) is 5.06. The highest BCUT2D eigenvalue weighted by atomic mass is 14.2. The molecule has 0 heterocycles. The number of hydrogen-bond acceptors (Lipinski definition) is 0. The van der Waals surface area contributed by atoms with Gasteiger partial charge in [-0.2, -0.15) is 0 Å². The zero-order chi connectivity index (χ0) is 23.6. The van der Waals surface area contributed by atoms with Crippen molar-refractivity contribution in [2.75, 3.05) is 0 Å². The fraction of sp³-hybridized carbons (Fsp3) is 0.0286. The molecular formula is C35H26. The quantitative estimate of drug-likeness (QED) is 0.187. The van der Waals surface area contributed by atoms with Gasteiger partial charge >= 0.3 is 0 Å². The summed E-state index contributed by atoms with van der Waals surface area (Å²) in [7, 11) is 0. The van der Waals surface area contributed by atoms with Crippen molar-refractivity contribution in [3.05, 3.63) is 156 Å². The Balaban J connectivity index is 1.72. The van der Waals surface area contributed by atoms with Crippen molar-refractivity contribution in [2.45, 2.75) is 6.92 Å². The van der Waals surface area contributed by atoms with E-state index >= 15 is 0 Å². The molecule has 0 aliphatic rings. The highest BCUT2D eigenvalue weighted by Gasteiger charge is 2.15. The zero-order valence-corrected chi connectivity index (χ0v) is 19.8. The minimum Gasteiger partial charge on any atom is -0.0622 e. The topological polar surface area (TPSA) is 0 Å². The number of hydrogen-bond donors (Lipinski definition) is 0. The third-order valence-corrected chi connectivity index (χ3v) is 6.77. The summed E-state index contributed by atoms with van der Waals surface area (Å²) in [6, 6.07) is 48.0. The fourth-order valence-corrected chi connectivity index (χ4v) is 5.06. The molecule has 0 radical (unpaired) electrons. The summed E-state index contributed by atoms with van der Waals surface area (Å²) in [4.78, 5) is 0. The van der Waals surface area contributed by atoms with Gasteiger partial charge in [0.15, 0.2) is 0 Å². The molecule has 6 aromatic rings. The van der Waals surface area contributed by atoms with Crippen LogP contribution >= 0.6 is 0 Å². The van der Waals surface area contributed by atoms with Crippen LogP contribution in [-0.4, -0.2) is 0 Å². The van der Waals surface area contributed by atoms with Gasteiger partial charge in [0.25, 0.3) is 0 Å². The average molecular weight is 447 g/mol. The first-order valence-corrected chi connectivity index (χ1v) is 12.1. The molecule has 35 heavy (non-hydrogen) atoms. The molecule has 0 spiro atoms. The lowest BCUT2D eigenvalue weighted by molar-refractivity contribution is 1.47. The molecule has 0 aromatic heterocycles. The van der Waals surface area contributed by atoms with E-state index in [0.717, 1.165) is 0 Å². The maximum atomic E-state index is 2.38. The molecule has 6 rings (SSSR count). The predicted octanol–water partition coefficient (Wildman–Crippen LogP) is 9.56. The molecule has 0 unspecified atom stereocenters. The van der Waals surface area contributed by atoms with Gasteiger partial charge in [-0.3, -0.25) is 0 Å². The first kappa shape index (κ1) is 21.1. The largest absolute Gasteiger partial charge is 0.0622 e. The van der Waals surface area contributed by atoms with E-state index in [1.807, 2.05) is 0 Å². The molecule has 166 valence electrons. The van der Waals surface area contributed by atoms with Crippen molar-refractivity contribution >= 4 is 33.2 Å². The van der Waals surface area contributed by atoms with Crippen LogP contribution in [0.2, 0.25) is 0 Å². The second-order valence-corrected chi connectivity index (χ2v) is 9.04. The van der Waals surface area contributed by atoms with Crippen LogP contribution in [0.25, 0.3) is 44.3 Å². The van der Waals surface area contributed by atoms with Gasteiger partial charge in [0.2, 0.25) is 0 Å². The van der Waals surface area contributed by atoms with E-state index in [-0.39, 0.29) is 0 Å². The Kier molecular flexibility index (Phi) is 5.48. The normalized spacial score (nSPS) is 11.0. The van der Waals surface area contributed by atoms with E-state index < -0.39 is 0 Å². The van der Waals surface area contributed by atoms with E-state index in [2.05, 4.69) is 146 Å². The molecule has 6 aromatic carbocycles. The molecule has 0 nitrogen and oxygen atoms in total. The summed E-state index contributed by atoms with van der Waals surface area (Å²) in [5.74, 6) is 0. The van der Waals surface area contributed by atoms with E-state index in [4.69, 9.17) is 0 Å². The van der Waals surface area contributed by atoms with Gasteiger partial charge in [-0.1, -0.05) is 139 Å². The minimum atomic E-state index is 1.22. The molecule has 0 heteroatoms. The first-order chi connectivity index (χ1) is 17.3. The Morgan fingerprint density at radius 2 is 0.886 bits per heavy atom. The Morgan fingerprint density at radius 3 is 1.37 bits per heavy atom. The van der Waals surface area contributed by atoms with Crippen molar-refractivity contribution in [3.63, 3.8) is 0 Å². The van der Waals surface area contributed by atoms with Crippen molar-refractivity contribution in [1.29, 1.82) is 0 Å². The second kappa shape index (κ2) is 9.08. The van der Waals surface area contributed by atoms with Gasteiger partial charge in [-0.05, 0) is 67.9 Å². The van der Waals surface area contributed by atoms with Gasteiger partial charge in [0.1, 0.15) is 0 Å². The van der Waals surface area contributed by atoms with E-state index in [9.17, 15) is 0 Å². The lowest BCUT2D eigenvalue weighted by atomic mass is 9.86. The number of benzene rings is 6. The van der Waals surface area contributed by atoms with E-state index in [1.165, 1.54) is 60.5 Å². The average Bonchev–Trinajstić information content (AvgIpc) is 2.93. The van der Waals surface area contributed by atoms with Crippen LogP contribution in [0.3, 0.4) is 0 Å². The van der Waals surface area contributed by atoms with Crippen molar-refractivity contribution in [3.8, 4) is 11.1 Å². The summed E-state index contributed by atoms with van der Waals surface area (Å²) in [6.45, 7) is 2.14. The summed E-state index contributed by atoms with van der Waals surface area (Å²) >= 11 is 0. The Labute approximate surface area is 206 Å². The highest BCUT2D eigenvalue weighted by molar-refractivity contribution is 6.19. The Bertz CT molecular complexity index is 1560. The van der Waals surface area contributed by atoms with Crippen LogP contribution in [0.1, 0.15) is 22.3 Å². The van der Waals surface area contributed by atoms with Gasteiger partial charge in [0.05, 0.1) is 0 Å². The summed E-state index contributed by atoms with van der Waals surface area (Å²) in [6.07, 6.45) is 2.38. The van der Waals surface area contributed by atoms with Gasteiger partial charge in [-0.15, -0.1) is 0 Å². The lowest BCUT2D eigenvalue weighted by Crippen LogP contribution is -1.92. The molecule has 0 bridgehead atoms. The van der Waals surface area contributed by atoms with E-state index in [0.29, 0.717) is 0 Å². The minimum absolute atomic E-state index is 1.22. The molecule has 0 aliphatic heterocycles. The molecule has 0 fully saturated rings. The third-order valence-electron chi connectivity index (χ3n) is 6.77. The smallest absolute Gasteiger partial charge is 0.00264 e. The standard InChI is InChI=1S/C35H26/c1-25-20-22-28(23-21-25)35-31-18-10-8-16-29(31)34(30-17-9-11-19-32(30)35)24-33(26-12-4-2-5-13-26)27-14-6-3-7-15-27/h2-24H,1H3. The molecule has 0 amide bonds. The summed E-state index contributed by atoms with van der Waals surface area (Å²) < 4.78 is 0. The summed E-state index contributed by atoms with van der Waals surface area (Å²) in [5, 5.41) is 5.10. The second-order valence-electron chi connectivity index (χ2n) is 9.04. The third kappa shape index (κ3) is 3.94. The SMILES string of the molecule is Cc1ccc(-c2c3ccccc3c(C=C(c3ccccc3)c3ccccc3)c3ccccc23)cc1. The zero-order valence-electron chi connectivity index (χ0n) is 19.8. The molecule has 0 N–H and O–H groups in total. The first-order valence-electron chi connectivity index (χ1n) is 12.1. The van der Waals surface area contributed by atoms with Gasteiger partial charge in [0, 0.05) is 0 Å². The highest BCUT2D eigenvalue weighted by Crippen LogP contribution is 2.41. The summed E-state index contributed by atoms with van der Waals surface area (Å²) in [5.41, 5.74) is 8.75. The predicted molar refractivity (Wildman–Crippen MR) is 151 cm³/mol. The van der Waals surface area contributed by atoms with Crippen LogP contribution in [0.15, 0.2) is 133 Å². The lowest BCUT2D eigenvalue weighted by Gasteiger charge is -2.17. The van der Waals surface area contributed by atoms with Crippen molar-refractivity contribution < 1.29 is 0 Å². The molecule has 0 saturated carbocycles. The maximum Gasteiger partial charge on any atom is -0.00264 e. The Morgan fingerprint density at radius 1 is 0.457 bits per heavy atom.